The molecule has 3 amide bonds. The summed E-state index contributed by atoms with van der Waals surface area (Å²) in [6.07, 6.45) is 1.65. The SMILES string of the molecule is C[C@H](NC(=O)[C@@H]1CCCN1)C(=O)NCC(=O)NCC(=O)O. The largest absolute Gasteiger partial charge is 0.480 e. The Kier molecular flexibility index (Phi) is 6.60. The molecule has 0 aromatic rings. The van der Waals surface area contributed by atoms with Crippen molar-refractivity contribution in [3.8, 4) is 0 Å². The molecule has 0 aromatic heterocycles. The van der Waals surface area contributed by atoms with Gasteiger partial charge >= 0.3 is 5.97 Å². The highest BCUT2D eigenvalue weighted by Crippen LogP contribution is 2.04. The Balaban J connectivity index is 2.25. The summed E-state index contributed by atoms with van der Waals surface area (Å²) in [6, 6.07) is -1.05. The Morgan fingerprint density at radius 1 is 1.24 bits per heavy atom. The number of hydrogen-bond donors (Lipinski definition) is 5. The van der Waals surface area contributed by atoms with Crippen LogP contribution in [-0.4, -0.2) is 60.5 Å². The van der Waals surface area contributed by atoms with E-state index in [1.165, 1.54) is 6.92 Å². The van der Waals surface area contributed by atoms with Crippen LogP contribution in [0.5, 0.6) is 0 Å². The lowest BCUT2D eigenvalue weighted by atomic mass is 10.2. The molecule has 0 spiro atoms. The first-order valence-corrected chi connectivity index (χ1v) is 6.70. The van der Waals surface area contributed by atoms with E-state index in [9.17, 15) is 19.2 Å². The first-order chi connectivity index (χ1) is 9.90. The average Bonchev–Trinajstić information content (AvgIpc) is 2.96. The maximum Gasteiger partial charge on any atom is 0.322 e. The third-order valence-corrected chi connectivity index (χ3v) is 2.99. The van der Waals surface area contributed by atoms with Gasteiger partial charge in [0.2, 0.25) is 17.7 Å². The van der Waals surface area contributed by atoms with E-state index >= 15 is 0 Å². The first kappa shape index (κ1) is 16.9. The Hall–Kier alpha value is -2.16. The number of nitrogens with one attached hydrogen (secondary N) is 4. The van der Waals surface area contributed by atoms with E-state index in [0.29, 0.717) is 0 Å². The van der Waals surface area contributed by atoms with Gasteiger partial charge in [-0.25, -0.2) is 0 Å². The van der Waals surface area contributed by atoms with Gasteiger partial charge in [-0.1, -0.05) is 0 Å². The van der Waals surface area contributed by atoms with Crippen molar-refractivity contribution >= 4 is 23.7 Å². The molecule has 9 nitrogen and oxygen atoms in total. The summed E-state index contributed by atoms with van der Waals surface area (Å²) < 4.78 is 0. The van der Waals surface area contributed by atoms with Crippen LogP contribution in [0.15, 0.2) is 0 Å². The van der Waals surface area contributed by atoms with Crippen LogP contribution in [0, 0.1) is 0 Å². The second-order valence-corrected chi connectivity index (χ2v) is 4.77. The maximum absolute atomic E-state index is 11.8. The highest BCUT2D eigenvalue weighted by atomic mass is 16.4. The van der Waals surface area contributed by atoms with Gasteiger partial charge in [-0.15, -0.1) is 0 Å². The molecule has 0 radical (unpaired) electrons. The van der Waals surface area contributed by atoms with Crippen molar-refractivity contribution in [2.24, 2.45) is 0 Å². The van der Waals surface area contributed by atoms with Gasteiger partial charge < -0.3 is 26.4 Å². The normalized spacial score (nSPS) is 18.6. The third kappa shape index (κ3) is 6.21. The summed E-state index contributed by atoms with van der Waals surface area (Å²) in [4.78, 5) is 44.9. The minimum absolute atomic E-state index is 0.245. The van der Waals surface area contributed by atoms with Crippen LogP contribution in [0.3, 0.4) is 0 Å². The number of amides is 3. The molecule has 1 fully saturated rings. The van der Waals surface area contributed by atoms with Crippen molar-refractivity contribution in [2.75, 3.05) is 19.6 Å². The molecule has 0 bridgehead atoms. The second-order valence-electron chi connectivity index (χ2n) is 4.77. The van der Waals surface area contributed by atoms with Gasteiger partial charge in [-0.3, -0.25) is 19.2 Å². The van der Waals surface area contributed by atoms with Crippen molar-refractivity contribution in [3.63, 3.8) is 0 Å². The molecule has 1 saturated heterocycles. The van der Waals surface area contributed by atoms with Crippen molar-refractivity contribution in [1.29, 1.82) is 0 Å². The first-order valence-electron chi connectivity index (χ1n) is 6.70. The third-order valence-electron chi connectivity index (χ3n) is 2.99. The standard InChI is InChI=1S/C12H20N4O5/c1-7(16-12(21)8-3-2-4-13-8)11(20)15-5-9(17)14-6-10(18)19/h7-8,13H,2-6H2,1H3,(H,14,17)(H,15,20)(H,16,21)(H,18,19)/t7-,8-/m0/s1. The highest BCUT2D eigenvalue weighted by molar-refractivity contribution is 5.92. The van der Waals surface area contributed by atoms with E-state index < -0.39 is 30.4 Å². The monoisotopic (exact) mass is 300 g/mol. The predicted octanol–water partition coefficient (Wildman–Crippen LogP) is -2.44. The average molecular weight is 300 g/mol. The summed E-state index contributed by atoms with van der Waals surface area (Å²) in [6.45, 7) is 1.45. The molecule has 1 heterocycles. The van der Waals surface area contributed by atoms with Crippen molar-refractivity contribution in [3.05, 3.63) is 0 Å². The maximum atomic E-state index is 11.8. The van der Waals surface area contributed by atoms with E-state index in [2.05, 4.69) is 21.3 Å². The summed E-state index contributed by atoms with van der Waals surface area (Å²) in [7, 11) is 0. The fourth-order valence-electron chi connectivity index (χ4n) is 1.85. The van der Waals surface area contributed by atoms with Gasteiger partial charge in [0.25, 0.3) is 0 Å². The summed E-state index contributed by atoms with van der Waals surface area (Å²) >= 11 is 0. The molecule has 118 valence electrons. The van der Waals surface area contributed by atoms with Crippen LogP contribution in [0.4, 0.5) is 0 Å². The molecule has 5 N–H and O–H groups in total. The predicted molar refractivity (Wildman–Crippen MR) is 72.3 cm³/mol. The topological polar surface area (TPSA) is 137 Å². The Bertz CT molecular complexity index is 420. The summed E-state index contributed by atoms with van der Waals surface area (Å²) in [5, 5.41) is 18.4. The fraction of sp³-hybridized carbons (Fsp3) is 0.667. The zero-order chi connectivity index (χ0) is 15.8. The number of carbonyl (C=O) groups excluding carboxylic acids is 3. The molecule has 1 aliphatic rings. The molecule has 2 atom stereocenters. The Labute approximate surface area is 121 Å². The number of carboxylic acids is 1. The molecule has 1 aliphatic heterocycles. The molecule has 0 unspecified atom stereocenters. The van der Waals surface area contributed by atoms with Crippen LogP contribution in [-0.2, 0) is 19.2 Å². The molecule has 0 aliphatic carbocycles. The minimum Gasteiger partial charge on any atom is -0.480 e. The van der Waals surface area contributed by atoms with Crippen LogP contribution < -0.4 is 21.3 Å². The lowest BCUT2D eigenvalue weighted by Gasteiger charge is -2.16. The van der Waals surface area contributed by atoms with Gasteiger partial charge in [0.1, 0.15) is 12.6 Å². The van der Waals surface area contributed by atoms with Gasteiger partial charge in [0.05, 0.1) is 12.6 Å². The lowest BCUT2D eigenvalue weighted by Crippen LogP contribution is -2.51. The zero-order valence-electron chi connectivity index (χ0n) is 11.8. The number of aliphatic carboxylic acids is 1. The van der Waals surface area contributed by atoms with Gasteiger partial charge in [0.15, 0.2) is 0 Å². The summed E-state index contributed by atoms with van der Waals surface area (Å²) in [5.74, 6) is -2.53. The Morgan fingerprint density at radius 2 is 1.95 bits per heavy atom. The fourth-order valence-corrected chi connectivity index (χ4v) is 1.85. The molecular weight excluding hydrogens is 280 g/mol. The van der Waals surface area contributed by atoms with E-state index in [-0.39, 0.29) is 18.5 Å². The quantitative estimate of drug-likeness (QED) is 0.354. The number of rotatable bonds is 7. The van der Waals surface area contributed by atoms with Crippen LogP contribution in [0.25, 0.3) is 0 Å². The lowest BCUT2D eigenvalue weighted by molar-refractivity contribution is -0.138. The molecule has 21 heavy (non-hydrogen) atoms. The molecule has 0 aromatic carbocycles. The van der Waals surface area contributed by atoms with Crippen LogP contribution in [0.2, 0.25) is 0 Å². The van der Waals surface area contributed by atoms with Gasteiger partial charge in [-0.05, 0) is 26.3 Å². The van der Waals surface area contributed by atoms with Crippen LogP contribution >= 0.6 is 0 Å². The number of carbonyl (C=O) groups is 4. The van der Waals surface area contributed by atoms with Crippen molar-refractivity contribution < 1.29 is 24.3 Å². The van der Waals surface area contributed by atoms with E-state index in [4.69, 9.17) is 5.11 Å². The van der Waals surface area contributed by atoms with Crippen molar-refractivity contribution in [1.82, 2.24) is 21.3 Å². The van der Waals surface area contributed by atoms with E-state index in [0.717, 1.165) is 19.4 Å². The highest BCUT2D eigenvalue weighted by Gasteiger charge is 2.25. The number of carboxylic acid groups (broad SMARTS) is 1. The van der Waals surface area contributed by atoms with Crippen LogP contribution in [0.1, 0.15) is 19.8 Å². The van der Waals surface area contributed by atoms with E-state index in [1.807, 2.05) is 0 Å². The minimum atomic E-state index is -1.17. The summed E-state index contributed by atoms with van der Waals surface area (Å²) in [5.41, 5.74) is 0. The van der Waals surface area contributed by atoms with Gasteiger partial charge in [0, 0.05) is 0 Å². The van der Waals surface area contributed by atoms with Gasteiger partial charge in [-0.2, -0.15) is 0 Å². The zero-order valence-corrected chi connectivity index (χ0v) is 11.8. The smallest absolute Gasteiger partial charge is 0.322 e. The number of hydrogen-bond acceptors (Lipinski definition) is 5. The molecule has 1 rings (SSSR count). The Morgan fingerprint density at radius 3 is 2.52 bits per heavy atom. The molecular formula is C12H20N4O5. The molecule has 0 saturated carbocycles. The molecule has 9 heteroatoms. The van der Waals surface area contributed by atoms with Crippen molar-refractivity contribution in [2.45, 2.75) is 31.8 Å². The second kappa shape index (κ2) is 8.20. The van der Waals surface area contributed by atoms with E-state index in [1.54, 1.807) is 0 Å².